The summed E-state index contributed by atoms with van der Waals surface area (Å²) in [5, 5.41) is 0. The van der Waals surface area contributed by atoms with E-state index < -0.39 is 25.1 Å². The molecule has 0 saturated carbocycles. The number of rotatable bonds is 9. The van der Waals surface area contributed by atoms with Gasteiger partial charge in [0.15, 0.2) is 0 Å². The molecule has 0 aliphatic heterocycles. The summed E-state index contributed by atoms with van der Waals surface area (Å²) >= 11 is 3.58. The lowest BCUT2D eigenvalue weighted by Gasteiger charge is -2.13. The van der Waals surface area contributed by atoms with Crippen molar-refractivity contribution in [3.63, 3.8) is 0 Å². The van der Waals surface area contributed by atoms with Crippen molar-refractivity contribution in [2.24, 2.45) is 0 Å². The molecule has 0 bridgehead atoms. The zero-order chi connectivity index (χ0) is 26.3. The monoisotopic (exact) mass is 574 g/mol. The van der Waals surface area contributed by atoms with Crippen LogP contribution < -0.4 is 0 Å². The summed E-state index contributed by atoms with van der Waals surface area (Å²) in [6, 6.07) is 15.6. The van der Waals surface area contributed by atoms with Crippen molar-refractivity contribution in [3.8, 4) is 11.8 Å². The van der Waals surface area contributed by atoms with Gasteiger partial charge in [0.05, 0.1) is 0 Å². The average molecular weight is 575 g/mol. The molecule has 7 heteroatoms. The van der Waals surface area contributed by atoms with Crippen LogP contribution in [0.1, 0.15) is 58.6 Å². The van der Waals surface area contributed by atoms with Crippen LogP contribution in [0.4, 0.5) is 8.78 Å². The Bertz CT molecular complexity index is 1300. The number of benzene rings is 3. The maximum Gasteiger partial charge on any atom is 0.325 e. The first-order valence-corrected chi connectivity index (χ1v) is 14.5. The average Bonchev–Trinajstić information content (AvgIpc) is 2.78. The normalized spacial score (nSPS) is 12.2. The van der Waals surface area contributed by atoms with Crippen LogP contribution in [0.5, 0.6) is 0 Å². The van der Waals surface area contributed by atoms with E-state index >= 15 is 0 Å². The van der Waals surface area contributed by atoms with E-state index in [0.717, 1.165) is 52.1 Å². The van der Waals surface area contributed by atoms with Gasteiger partial charge in [0.2, 0.25) is 0 Å². The summed E-state index contributed by atoms with van der Waals surface area (Å²) in [5.41, 5.74) is 5.77. The van der Waals surface area contributed by atoms with E-state index in [-0.39, 0.29) is 6.16 Å². The molecule has 0 fully saturated rings. The van der Waals surface area contributed by atoms with E-state index in [1.54, 1.807) is 0 Å². The second-order valence-electron chi connectivity index (χ2n) is 9.16. The molecule has 2 N–H and O–H groups in total. The van der Waals surface area contributed by atoms with Gasteiger partial charge in [-0.1, -0.05) is 42.5 Å². The molecule has 0 amide bonds. The molecule has 0 radical (unpaired) electrons. The Balaban J connectivity index is 1.77. The fourth-order valence-corrected chi connectivity index (χ4v) is 5.16. The largest absolute Gasteiger partial charge is 0.325 e. The first-order valence-electron chi connectivity index (χ1n) is 11.9. The van der Waals surface area contributed by atoms with Crippen LogP contribution in [0.3, 0.4) is 0 Å². The first kappa shape index (κ1) is 28.3. The van der Waals surface area contributed by atoms with Crippen LogP contribution in [-0.2, 0) is 17.4 Å². The third-order valence-electron chi connectivity index (χ3n) is 6.13. The van der Waals surface area contributed by atoms with Gasteiger partial charge in [-0.25, -0.2) is 8.78 Å². The van der Waals surface area contributed by atoms with Crippen LogP contribution in [0.2, 0.25) is 0 Å². The summed E-state index contributed by atoms with van der Waals surface area (Å²) in [5.74, 6) is 4.79. The zero-order valence-corrected chi connectivity index (χ0v) is 22.9. The van der Waals surface area contributed by atoms with Gasteiger partial charge >= 0.3 is 7.60 Å². The maximum absolute atomic E-state index is 14.0. The van der Waals surface area contributed by atoms with Crippen LogP contribution in [0, 0.1) is 37.3 Å². The van der Waals surface area contributed by atoms with E-state index in [2.05, 4.69) is 33.8 Å². The van der Waals surface area contributed by atoms with E-state index in [9.17, 15) is 13.3 Å². The quantitative estimate of drug-likeness (QED) is 0.157. The molecule has 3 aromatic carbocycles. The van der Waals surface area contributed by atoms with Gasteiger partial charge in [-0.3, -0.25) is 4.57 Å². The van der Waals surface area contributed by atoms with Crippen LogP contribution in [0.25, 0.3) is 0 Å². The standard InChI is InChI=1S/C29H30BrF2O3P/c1-20-7-8-23(14-21(20)2)15-25(26-17-27(31)19-28(32)18-26)12-11-24-10-9-22(16-29(24)30)6-4-3-5-13-36(33,34)35/h7-10,14,16-19,25H,3-6,13,15H2,1-2H3,(H2,33,34,35). The highest BCUT2D eigenvalue weighted by atomic mass is 79.9. The number of halogens is 3. The van der Waals surface area contributed by atoms with Crippen molar-refractivity contribution in [2.45, 2.75) is 51.9 Å². The Morgan fingerprint density at radius 3 is 2.22 bits per heavy atom. The van der Waals surface area contributed by atoms with Crippen molar-refractivity contribution >= 4 is 23.5 Å². The molecule has 1 unspecified atom stereocenters. The Morgan fingerprint density at radius 2 is 1.58 bits per heavy atom. The lowest BCUT2D eigenvalue weighted by atomic mass is 9.90. The molecule has 3 aromatic rings. The van der Waals surface area contributed by atoms with Gasteiger partial charge < -0.3 is 9.79 Å². The zero-order valence-electron chi connectivity index (χ0n) is 20.4. The summed E-state index contributed by atoms with van der Waals surface area (Å²) in [7, 11) is -3.93. The molecule has 36 heavy (non-hydrogen) atoms. The molecule has 0 heterocycles. The van der Waals surface area contributed by atoms with E-state index in [4.69, 9.17) is 9.79 Å². The highest BCUT2D eigenvalue weighted by molar-refractivity contribution is 9.10. The van der Waals surface area contributed by atoms with E-state index in [1.807, 2.05) is 44.2 Å². The number of unbranched alkanes of at least 4 members (excludes halogenated alkanes) is 2. The molecule has 0 aromatic heterocycles. The van der Waals surface area contributed by atoms with Crippen LogP contribution in [-0.4, -0.2) is 15.9 Å². The second kappa shape index (κ2) is 12.8. The molecule has 0 aliphatic rings. The first-order chi connectivity index (χ1) is 17.0. The van der Waals surface area contributed by atoms with Crippen molar-refractivity contribution in [1.82, 2.24) is 0 Å². The summed E-state index contributed by atoms with van der Waals surface area (Å²) in [4.78, 5) is 17.9. The Hall–Kier alpha value is -2.29. The highest BCUT2D eigenvalue weighted by Crippen LogP contribution is 2.35. The second-order valence-corrected chi connectivity index (χ2v) is 11.8. The van der Waals surface area contributed by atoms with Gasteiger partial charge in [0.1, 0.15) is 11.6 Å². The Labute approximate surface area is 220 Å². The fraction of sp³-hybridized carbons (Fsp3) is 0.310. The summed E-state index contributed by atoms with van der Waals surface area (Å²) in [6.45, 7) is 4.08. The van der Waals surface area contributed by atoms with Crippen LogP contribution in [0.15, 0.2) is 59.1 Å². The minimum Gasteiger partial charge on any atom is -0.324 e. The Kier molecular flexibility index (Phi) is 10.0. The van der Waals surface area contributed by atoms with E-state index in [0.29, 0.717) is 18.4 Å². The molecule has 0 spiro atoms. The smallest absolute Gasteiger partial charge is 0.324 e. The van der Waals surface area contributed by atoms with Crippen LogP contribution >= 0.6 is 23.5 Å². The topological polar surface area (TPSA) is 57.5 Å². The molecule has 190 valence electrons. The van der Waals surface area contributed by atoms with E-state index in [1.165, 1.54) is 17.7 Å². The van der Waals surface area contributed by atoms with Crippen molar-refractivity contribution in [3.05, 3.63) is 104 Å². The predicted molar refractivity (Wildman–Crippen MR) is 144 cm³/mol. The lowest BCUT2D eigenvalue weighted by molar-refractivity contribution is 0.371. The summed E-state index contributed by atoms with van der Waals surface area (Å²) < 4.78 is 39.8. The Morgan fingerprint density at radius 1 is 0.889 bits per heavy atom. The number of hydrogen-bond donors (Lipinski definition) is 2. The molecule has 0 aliphatic carbocycles. The third kappa shape index (κ3) is 8.98. The molecule has 0 saturated heterocycles. The van der Waals surface area contributed by atoms with Crippen molar-refractivity contribution in [1.29, 1.82) is 0 Å². The minimum atomic E-state index is -3.93. The molecule has 1 atom stereocenters. The van der Waals surface area contributed by atoms with Gasteiger partial charge in [-0.05, 0) is 108 Å². The van der Waals surface area contributed by atoms with Crippen molar-refractivity contribution < 1.29 is 23.1 Å². The molecule has 3 rings (SSSR count). The lowest BCUT2D eigenvalue weighted by Crippen LogP contribution is -2.03. The molecule has 3 nitrogen and oxygen atoms in total. The van der Waals surface area contributed by atoms with Gasteiger partial charge in [-0.15, -0.1) is 0 Å². The summed E-state index contributed by atoms with van der Waals surface area (Å²) in [6.07, 6.45) is 3.32. The van der Waals surface area contributed by atoms with Crippen molar-refractivity contribution in [2.75, 3.05) is 6.16 Å². The predicted octanol–water partition coefficient (Wildman–Crippen LogP) is 7.61. The number of hydrogen-bond acceptors (Lipinski definition) is 1. The minimum absolute atomic E-state index is 0.0796. The van der Waals surface area contributed by atoms with Gasteiger partial charge in [0, 0.05) is 28.2 Å². The number of aryl methyl sites for hydroxylation is 3. The van der Waals surface area contributed by atoms with Gasteiger partial charge in [0.25, 0.3) is 0 Å². The third-order valence-corrected chi connectivity index (χ3v) is 7.68. The highest BCUT2D eigenvalue weighted by Gasteiger charge is 2.14. The molecular weight excluding hydrogens is 545 g/mol. The fourth-order valence-electron chi connectivity index (χ4n) is 4.00. The SMILES string of the molecule is Cc1ccc(CC(C#Cc2ccc(CCCCCP(=O)(O)O)cc2Br)c2cc(F)cc(F)c2)cc1C. The maximum atomic E-state index is 14.0. The molecular formula is C29H30BrF2O3P. The van der Waals surface area contributed by atoms with Gasteiger partial charge in [-0.2, -0.15) is 0 Å².